The van der Waals surface area contributed by atoms with Crippen LogP contribution in [0.4, 0.5) is 5.95 Å². The highest BCUT2D eigenvalue weighted by molar-refractivity contribution is 5.92. The standard InChI is InChI=1S/C21H26N4O2/c1-15-13-16(24-20(23-15)25-11-5-6-12-25)14-22-19(26)21(9-10-21)17-7-3-4-8-18(17)27-2/h3-4,7-8,13H,5-6,9-12,14H2,1-2H3,(H,22,26). The van der Waals surface area contributed by atoms with Crippen LogP contribution in [0.15, 0.2) is 30.3 Å². The maximum Gasteiger partial charge on any atom is 0.231 e. The molecule has 1 aromatic heterocycles. The first-order valence-electron chi connectivity index (χ1n) is 9.64. The number of rotatable bonds is 6. The fourth-order valence-electron chi connectivity index (χ4n) is 3.89. The van der Waals surface area contributed by atoms with Gasteiger partial charge in [0, 0.05) is 24.3 Å². The maximum absolute atomic E-state index is 13.0. The second-order valence-electron chi connectivity index (χ2n) is 7.46. The van der Waals surface area contributed by atoms with E-state index in [0.717, 1.165) is 54.6 Å². The molecule has 0 spiro atoms. The van der Waals surface area contributed by atoms with E-state index in [4.69, 9.17) is 4.74 Å². The minimum atomic E-state index is -0.466. The van der Waals surface area contributed by atoms with Gasteiger partial charge < -0.3 is 15.0 Å². The van der Waals surface area contributed by atoms with Gasteiger partial charge in [-0.15, -0.1) is 0 Å². The topological polar surface area (TPSA) is 67.3 Å². The molecule has 1 saturated carbocycles. The molecule has 0 unspecified atom stereocenters. The predicted molar refractivity (Wildman–Crippen MR) is 104 cm³/mol. The van der Waals surface area contributed by atoms with Crippen LogP contribution in [0.1, 0.15) is 42.6 Å². The largest absolute Gasteiger partial charge is 0.496 e. The van der Waals surface area contributed by atoms with Crippen molar-refractivity contribution in [2.24, 2.45) is 0 Å². The molecule has 1 aromatic carbocycles. The van der Waals surface area contributed by atoms with E-state index in [2.05, 4.69) is 20.2 Å². The van der Waals surface area contributed by atoms with Crippen LogP contribution in [0.3, 0.4) is 0 Å². The molecule has 0 atom stereocenters. The van der Waals surface area contributed by atoms with Crippen molar-refractivity contribution in [2.45, 2.75) is 44.6 Å². The van der Waals surface area contributed by atoms with E-state index < -0.39 is 5.41 Å². The third-order valence-electron chi connectivity index (χ3n) is 5.52. The fraction of sp³-hybridized carbons (Fsp3) is 0.476. The number of hydrogen-bond acceptors (Lipinski definition) is 5. The minimum absolute atomic E-state index is 0.0472. The summed E-state index contributed by atoms with van der Waals surface area (Å²) in [7, 11) is 1.65. The van der Waals surface area contributed by atoms with Crippen LogP contribution >= 0.6 is 0 Å². The number of para-hydroxylation sites is 1. The molecule has 6 heteroatoms. The Labute approximate surface area is 160 Å². The molecule has 6 nitrogen and oxygen atoms in total. The molecule has 1 amide bonds. The van der Waals surface area contributed by atoms with E-state index in [1.165, 1.54) is 12.8 Å². The SMILES string of the molecule is COc1ccccc1C1(C(=O)NCc2cc(C)nc(N3CCCC3)n2)CC1. The lowest BCUT2D eigenvalue weighted by molar-refractivity contribution is -0.123. The van der Waals surface area contributed by atoms with Crippen molar-refractivity contribution in [3.8, 4) is 5.75 Å². The second kappa shape index (κ2) is 7.18. The van der Waals surface area contributed by atoms with Crippen molar-refractivity contribution >= 4 is 11.9 Å². The number of ether oxygens (including phenoxy) is 1. The number of nitrogens with zero attached hydrogens (tertiary/aromatic N) is 3. The quantitative estimate of drug-likeness (QED) is 0.851. The molecule has 2 aliphatic rings. The van der Waals surface area contributed by atoms with Crippen LogP contribution in [0, 0.1) is 6.92 Å². The zero-order chi connectivity index (χ0) is 18.9. The summed E-state index contributed by atoms with van der Waals surface area (Å²) in [5.41, 5.74) is 2.30. The van der Waals surface area contributed by atoms with Crippen molar-refractivity contribution in [3.63, 3.8) is 0 Å². The Morgan fingerprint density at radius 3 is 2.67 bits per heavy atom. The highest BCUT2D eigenvalue weighted by Gasteiger charge is 2.52. The molecule has 4 rings (SSSR count). The van der Waals surface area contributed by atoms with Gasteiger partial charge >= 0.3 is 0 Å². The normalized spacial score (nSPS) is 17.6. The van der Waals surface area contributed by atoms with Gasteiger partial charge in [0.15, 0.2) is 0 Å². The van der Waals surface area contributed by atoms with Crippen LogP contribution in [0.5, 0.6) is 5.75 Å². The molecule has 2 aromatic rings. The van der Waals surface area contributed by atoms with Gasteiger partial charge in [0.1, 0.15) is 5.75 Å². The highest BCUT2D eigenvalue weighted by Crippen LogP contribution is 2.51. The first-order valence-corrected chi connectivity index (χ1v) is 9.64. The Hall–Kier alpha value is -2.63. The molecule has 2 heterocycles. The molecule has 1 saturated heterocycles. The Kier molecular flexibility index (Phi) is 4.72. The van der Waals surface area contributed by atoms with Gasteiger partial charge in [-0.2, -0.15) is 0 Å². The number of benzene rings is 1. The lowest BCUT2D eigenvalue weighted by atomic mass is 9.94. The lowest BCUT2D eigenvalue weighted by Gasteiger charge is -2.19. The molecule has 142 valence electrons. The van der Waals surface area contributed by atoms with Crippen molar-refractivity contribution in [1.82, 2.24) is 15.3 Å². The van der Waals surface area contributed by atoms with Gasteiger partial charge in [-0.1, -0.05) is 18.2 Å². The summed E-state index contributed by atoms with van der Waals surface area (Å²) in [6.45, 7) is 4.40. The number of aryl methyl sites for hydroxylation is 1. The maximum atomic E-state index is 13.0. The third kappa shape index (κ3) is 3.48. The van der Waals surface area contributed by atoms with Crippen LogP contribution < -0.4 is 15.0 Å². The molecule has 27 heavy (non-hydrogen) atoms. The summed E-state index contributed by atoms with van der Waals surface area (Å²) in [4.78, 5) is 24.4. The van der Waals surface area contributed by atoms with E-state index in [0.29, 0.717) is 6.54 Å². The number of carbonyl (C=O) groups is 1. The van der Waals surface area contributed by atoms with Crippen LogP contribution in [0.25, 0.3) is 0 Å². The summed E-state index contributed by atoms with van der Waals surface area (Å²) < 4.78 is 5.47. The average Bonchev–Trinajstić information content (AvgIpc) is 3.31. The summed E-state index contributed by atoms with van der Waals surface area (Å²) in [5.74, 6) is 1.60. The van der Waals surface area contributed by atoms with Crippen molar-refractivity contribution < 1.29 is 9.53 Å². The van der Waals surface area contributed by atoms with E-state index in [9.17, 15) is 4.79 Å². The van der Waals surface area contributed by atoms with Crippen molar-refractivity contribution in [2.75, 3.05) is 25.1 Å². The van der Waals surface area contributed by atoms with E-state index in [1.807, 2.05) is 37.3 Å². The molecule has 1 aliphatic heterocycles. The van der Waals surface area contributed by atoms with Gasteiger partial charge in [-0.05, 0) is 44.7 Å². The predicted octanol–water partition coefficient (Wildman–Crippen LogP) is 2.74. The Morgan fingerprint density at radius 1 is 1.22 bits per heavy atom. The van der Waals surface area contributed by atoms with Crippen molar-refractivity contribution in [1.29, 1.82) is 0 Å². The van der Waals surface area contributed by atoms with Crippen LogP contribution in [-0.4, -0.2) is 36.1 Å². The Bertz CT molecular complexity index is 842. The summed E-state index contributed by atoms with van der Waals surface area (Å²) in [5, 5.41) is 3.09. The number of carbonyl (C=O) groups excluding carboxylic acids is 1. The Morgan fingerprint density at radius 2 is 1.96 bits per heavy atom. The van der Waals surface area contributed by atoms with E-state index >= 15 is 0 Å². The molecule has 2 fully saturated rings. The zero-order valence-electron chi connectivity index (χ0n) is 16.0. The molecule has 0 bridgehead atoms. The molecule has 0 radical (unpaired) electrons. The van der Waals surface area contributed by atoms with Crippen LogP contribution in [-0.2, 0) is 16.8 Å². The smallest absolute Gasteiger partial charge is 0.231 e. The van der Waals surface area contributed by atoms with Gasteiger partial charge in [0.2, 0.25) is 11.9 Å². The number of methoxy groups -OCH3 is 1. The summed E-state index contributed by atoms with van der Waals surface area (Å²) >= 11 is 0. The molecular formula is C21H26N4O2. The number of amides is 1. The summed E-state index contributed by atoms with van der Waals surface area (Å²) in [6, 6.07) is 9.74. The monoisotopic (exact) mass is 366 g/mol. The highest BCUT2D eigenvalue weighted by atomic mass is 16.5. The third-order valence-corrected chi connectivity index (χ3v) is 5.52. The zero-order valence-corrected chi connectivity index (χ0v) is 16.0. The first kappa shape index (κ1) is 17.8. The van der Waals surface area contributed by atoms with Gasteiger partial charge in [-0.3, -0.25) is 4.79 Å². The van der Waals surface area contributed by atoms with E-state index in [-0.39, 0.29) is 5.91 Å². The van der Waals surface area contributed by atoms with Gasteiger partial charge in [0.05, 0.1) is 24.8 Å². The number of aromatic nitrogens is 2. The Balaban J connectivity index is 1.48. The number of nitrogens with one attached hydrogen (secondary N) is 1. The van der Waals surface area contributed by atoms with Gasteiger partial charge in [-0.25, -0.2) is 9.97 Å². The second-order valence-corrected chi connectivity index (χ2v) is 7.46. The average molecular weight is 366 g/mol. The minimum Gasteiger partial charge on any atom is -0.496 e. The van der Waals surface area contributed by atoms with Crippen LogP contribution in [0.2, 0.25) is 0 Å². The molecule has 1 N–H and O–H groups in total. The van der Waals surface area contributed by atoms with E-state index in [1.54, 1.807) is 7.11 Å². The fourth-order valence-corrected chi connectivity index (χ4v) is 3.89. The number of hydrogen-bond donors (Lipinski definition) is 1. The summed E-state index contributed by atoms with van der Waals surface area (Å²) in [6.07, 6.45) is 4.07. The van der Waals surface area contributed by atoms with Gasteiger partial charge in [0.25, 0.3) is 0 Å². The molecular weight excluding hydrogens is 340 g/mol. The molecule has 1 aliphatic carbocycles. The lowest BCUT2D eigenvalue weighted by Crippen LogP contribution is -2.35. The first-order chi connectivity index (χ1) is 13.1. The van der Waals surface area contributed by atoms with Crippen molar-refractivity contribution in [3.05, 3.63) is 47.3 Å². The number of anilines is 1.